The topological polar surface area (TPSA) is 68.4 Å². The highest BCUT2D eigenvalue weighted by atomic mass is 16.2. The Labute approximate surface area is 184 Å². The first kappa shape index (κ1) is 19.8. The van der Waals surface area contributed by atoms with Crippen LogP contribution in [0.4, 0.5) is 5.69 Å². The second-order valence-electron chi connectivity index (χ2n) is 7.92. The fourth-order valence-electron chi connectivity index (χ4n) is 4.07. The molecule has 0 atom stereocenters. The van der Waals surface area contributed by atoms with Crippen molar-refractivity contribution in [2.24, 2.45) is 0 Å². The van der Waals surface area contributed by atoms with Crippen molar-refractivity contribution in [1.82, 2.24) is 14.0 Å². The van der Waals surface area contributed by atoms with E-state index in [1.165, 1.54) is 6.07 Å². The average molecular weight is 422 g/mol. The Bertz CT molecular complexity index is 1530. The van der Waals surface area contributed by atoms with E-state index in [0.717, 1.165) is 33.4 Å². The zero-order chi connectivity index (χ0) is 22.2. The maximum Gasteiger partial charge on any atom is 0.260 e. The molecule has 2 aromatic heterocycles. The molecule has 0 aliphatic heterocycles. The zero-order valence-electron chi connectivity index (χ0n) is 17.9. The minimum atomic E-state index is -0.182. The summed E-state index contributed by atoms with van der Waals surface area (Å²) in [5, 5.41) is 2.99. The van der Waals surface area contributed by atoms with Crippen LogP contribution in [-0.4, -0.2) is 19.9 Å². The lowest BCUT2D eigenvalue weighted by molar-refractivity contribution is -0.116. The Morgan fingerprint density at radius 1 is 0.906 bits per heavy atom. The van der Waals surface area contributed by atoms with Gasteiger partial charge in [0.2, 0.25) is 11.7 Å². The molecule has 3 aromatic carbocycles. The molecule has 2 heterocycles. The molecule has 0 radical (unpaired) electrons. The van der Waals surface area contributed by atoms with Gasteiger partial charge in [0.25, 0.3) is 5.56 Å². The van der Waals surface area contributed by atoms with Gasteiger partial charge in [0.05, 0.1) is 16.7 Å². The number of hydrogen-bond donors (Lipinski definition) is 1. The number of rotatable bonds is 4. The second kappa shape index (κ2) is 7.81. The first-order valence-electron chi connectivity index (χ1n) is 10.4. The second-order valence-corrected chi connectivity index (χ2v) is 7.92. The molecule has 6 heteroatoms. The molecule has 0 unspecified atom stereocenters. The van der Waals surface area contributed by atoms with E-state index in [4.69, 9.17) is 4.98 Å². The van der Waals surface area contributed by atoms with E-state index < -0.39 is 0 Å². The summed E-state index contributed by atoms with van der Waals surface area (Å²) < 4.78 is 3.36. The number of hydrogen-bond acceptors (Lipinski definition) is 3. The number of fused-ring (bicyclic) bond motifs is 3. The fraction of sp³-hybridized carbons (Fsp3) is 0.115. The van der Waals surface area contributed by atoms with Crippen molar-refractivity contribution >= 4 is 28.4 Å². The van der Waals surface area contributed by atoms with Crippen LogP contribution in [0, 0.1) is 13.8 Å². The number of anilines is 1. The number of benzene rings is 3. The van der Waals surface area contributed by atoms with Crippen molar-refractivity contribution in [3.63, 3.8) is 0 Å². The summed E-state index contributed by atoms with van der Waals surface area (Å²) in [5.74, 6) is 0.257. The molecule has 5 rings (SSSR count). The number of amides is 1. The largest absolute Gasteiger partial charge is 0.324 e. The van der Waals surface area contributed by atoms with Crippen molar-refractivity contribution in [1.29, 1.82) is 0 Å². The molecule has 1 amide bonds. The molecule has 32 heavy (non-hydrogen) atoms. The van der Waals surface area contributed by atoms with Crippen molar-refractivity contribution in [3.8, 4) is 11.3 Å². The van der Waals surface area contributed by atoms with Crippen molar-refractivity contribution in [3.05, 3.63) is 100 Å². The summed E-state index contributed by atoms with van der Waals surface area (Å²) in [6.07, 6.45) is 0. The van der Waals surface area contributed by atoms with Crippen LogP contribution in [0.25, 0.3) is 28.1 Å². The summed E-state index contributed by atoms with van der Waals surface area (Å²) in [6, 6.07) is 24.5. The molecule has 0 aliphatic carbocycles. The summed E-state index contributed by atoms with van der Waals surface area (Å²) in [5.41, 5.74) is 5.66. The van der Waals surface area contributed by atoms with E-state index in [1.807, 2.05) is 86.6 Å². The van der Waals surface area contributed by atoms with E-state index >= 15 is 0 Å². The van der Waals surface area contributed by atoms with E-state index in [2.05, 4.69) is 5.32 Å². The molecule has 0 saturated carbocycles. The van der Waals surface area contributed by atoms with E-state index in [0.29, 0.717) is 11.5 Å². The number of nitrogens with one attached hydrogen (secondary N) is 1. The summed E-state index contributed by atoms with van der Waals surface area (Å²) in [7, 11) is 0. The standard InChI is InChI=1S/C26H22N4O2/c1-17-12-13-20(18(2)14-17)27-24(31)16-29-22-10-6-7-11-23(22)30-25(32)15-21(28-26(29)30)19-8-4-3-5-9-19/h3-15H,16H2,1-2H3,(H,27,31). The van der Waals surface area contributed by atoms with Gasteiger partial charge in [-0.25, -0.2) is 9.38 Å². The average Bonchev–Trinajstić information content (AvgIpc) is 3.10. The smallest absolute Gasteiger partial charge is 0.260 e. The molecule has 0 bridgehead atoms. The predicted molar refractivity (Wildman–Crippen MR) is 127 cm³/mol. The highest BCUT2D eigenvalue weighted by Gasteiger charge is 2.17. The van der Waals surface area contributed by atoms with Gasteiger partial charge in [-0.05, 0) is 37.6 Å². The van der Waals surface area contributed by atoms with Gasteiger partial charge in [-0.1, -0.05) is 60.2 Å². The van der Waals surface area contributed by atoms with Gasteiger partial charge in [0.15, 0.2) is 0 Å². The quantitative estimate of drug-likeness (QED) is 0.461. The molecular weight excluding hydrogens is 400 g/mol. The predicted octanol–water partition coefficient (Wildman–Crippen LogP) is 4.57. The monoisotopic (exact) mass is 422 g/mol. The van der Waals surface area contributed by atoms with E-state index in [9.17, 15) is 9.59 Å². The van der Waals surface area contributed by atoms with Crippen LogP contribution in [-0.2, 0) is 11.3 Å². The summed E-state index contributed by atoms with van der Waals surface area (Å²) in [4.78, 5) is 30.8. The minimum absolute atomic E-state index is 0.0367. The van der Waals surface area contributed by atoms with Crippen LogP contribution in [0.5, 0.6) is 0 Å². The minimum Gasteiger partial charge on any atom is -0.324 e. The number of aryl methyl sites for hydroxylation is 2. The Morgan fingerprint density at radius 2 is 1.62 bits per heavy atom. The molecule has 0 saturated heterocycles. The highest BCUT2D eigenvalue weighted by Crippen LogP contribution is 2.22. The van der Waals surface area contributed by atoms with Crippen LogP contribution in [0.2, 0.25) is 0 Å². The maximum atomic E-state index is 13.1. The number of carbonyl (C=O) groups excluding carboxylic acids is 1. The highest BCUT2D eigenvalue weighted by molar-refractivity contribution is 5.93. The molecular formula is C26H22N4O2. The van der Waals surface area contributed by atoms with Crippen LogP contribution >= 0.6 is 0 Å². The number of imidazole rings is 1. The first-order valence-corrected chi connectivity index (χ1v) is 10.4. The summed E-state index contributed by atoms with van der Waals surface area (Å²) >= 11 is 0. The van der Waals surface area contributed by atoms with Gasteiger partial charge in [-0.2, -0.15) is 0 Å². The normalized spacial score (nSPS) is 11.2. The van der Waals surface area contributed by atoms with Crippen LogP contribution in [0.1, 0.15) is 11.1 Å². The van der Waals surface area contributed by atoms with Gasteiger partial charge < -0.3 is 9.88 Å². The van der Waals surface area contributed by atoms with Crippen molar-refractivity contribution < 1.29 is 4.79 Å². The van der Waals surface area contributed by atoms with Gasteiger partial charge >= 0.3 is 0 Å². The first-order chi connectivity index (χ1) is 15.5. The van der Waals surface area contributed by atoms with E-state index in [-0.39, 0.29) is 18.0 Å². The van der Waals surface area contributed by atoms with Gasteiger partial charge in [-0.15, -0.1) is 0 Å². The van der Waals surface area contributed by atoms with E-state index in [1.54, 1.807) is 8.97 Å². The fourth-order valence-corrected chi connectivity index (χ4v) is 4.07. The van der Waals surface area contributed by atoms with Crippen molar-refractivity contribution in [2.75, 3.05) is 5.32 Å². The Morgan fingerprint density at radius 3 is 2.38 bits per heavy atom. The lowest BCUT2D eigenvalue weighted by atomic mass is 10.1. The van der Waals surface area contributed by atoms with Gasteiger partial charge in [0.1, 0.15) is 6.54 Å². The van der Waals surface area contributed by atoms with Crippen LogP contribution in [0.15, 0.2) is 83.7 Å². The third-order valence-corrected chi connectivity index (χ3v) is 5.58. The van der Waals surface area contributed by atoms with Crippen molar-refractivity contribution in [2.45, 2.75) is 20.4 Å². The zero-order valence-corrected chi connectivity index (χ0v) is 17.9. The number of aromatic nitrogens is 3. The maximum absolute atomic E-state index is 13.1. The molecule has 6 nitrogen and oxygen atoms in total. The third-order valence-electron chi connectivity index (χ3n) is 5.58. The summed E-state index contributed by atoms with van der Waals surface area (Å²) in [6.45, 7) is 4.02. The Balaban J connectivity index is 1.63. The van der Waals surface area contributed by atoms with Gasteiger partial charge in [0, 0.05) is 17.3 Å². The Hall–Kier alpha value is -4.19. The molecule has 5 aromatic rings. The van der Waals surface area contributed by atoms with Crippen LogP contribution < -0.4 is 10.9 Å². The van der Waals surface area contributed by atoms with Crippen LogP contribution in [0.3, 0.4) is 0 Å². The lowest BCUT2D eigenvalue weighted by Gasteiger charge is -2.11. The number of carbonyl (C=O) groups is 1. The Kier molecular flexibility index (Phi) is 4.82. The lowest BCUT2D eigenvalue weighted by Crippen LogP contribution is -2.21. The number of para-hydroxylation sites is 2. The molecule has 0 fully saturated rings. The number of nitrogens with zero attached hydrogens (tertiary/aromatic N) is 3. The molecule has 0 spiro atoms. The third kappa shape index (κ3) is 3.46. The molecule has 0 aliphatic rings. The van der Waals surface area contributed by atoms with Gasteiger partial charge in [-0.3, -0.25) is 9.59 Å². The SMILES string of the molecule is Cc1ccc(NC(=O)Cn2c3ccccc3n3c(=O)cc(-c4ccccc4)nc23)c(C)c1. The molecule has 1 N–H and O–H groups in total. The molecule has 158 valence electrons.